The van der Waals surface area contributed by atoms with Crippen molar-refractivity contribution in [1.29, 1.82) is 5.26 Å². The van der Waals surface area contributed by atoms with Crippen molar-refractivity contribution in [2.24, 2.45) is 0 Å². The van der Waals surface area contributed by atoms with Gasteiger partial charge in [0.15, 0.2) is 0 Å². The molecule has 0 atom stereocenters. The highest BCUT2D eigenvalue weighted by atomic mass is 32.2. The van der Waals surface area contributed by atoms with E-state index in [9.17, 15) is 4.79 Å². The Morgan fingerprint density at radius 2 is 1.88 bits per heavy atom. The summed E-state index contributed by atoms with van der Waals surface area (Å²) in [6, 6.07) is 18.3. The van der Waals surface area contributed by atoms with Crippen molar-refractivity contribution in [3.05, 3.63) is 60.2 Å². The van der Waals surface area contributed by atoms with E-state index in [-0.39, 0.29) is 11.7 Å². The molecule has 1 N–H and O–H groups in total. The van der Waals surface area contributed by atoms with Gasteiger partial charge in [0.05, 0.1) is 17.0 Å². The first kappa shape index (κ1) is 15.8. The van der Waals surface area contributed by atoms with Crippen molar-refractivity contribution >= 4 is 23.4 Å². The minimum absolute atomic E-state index is 0.107. The predicted octanol–water partition coefficient (Wildman–Crippen LogP) is 3.34. The second kappa shape index (κ2) is 7.44. The van der Waals surface area contributed by atoms with Crippen LogP contribution in [0.25, 0.3) is 11.5 Å². The molecule has 7 heteroatoms. The number of amides is 1. The molecule has 0 unspecified atom stereocenters. The molecule has 0 radical (unpaired) electrons. The summed E-state index contributed by atoms with van der Waals surface area (Å²) < 4.78 is 5.52. The normalized spacial score (nSPS) is 10.1. The van der Waals surface area contributed by atoms with Gasteiger partial charge in [0.2, 0.25) is 11.8 Å². The van der Waals surface area contributed by atoms with Crippen LogP contribution in [0.1, 0.15) is 5.56 Å². The first-order valence-electron chi connectivity index (χ1n) is 7.07. The molecule has 0 bridgehead atoms. The first-order chi connectivity index (χ1) is 11.8. The van der Waals surface area contributed by atoms with Gasteiger partial charge in [-0.3, -0.25) is 4.79 Å². The monoisotopic (exact) mass is 336 g/mol. The Balaban J connectivity index is 1.59. The molecule has 6 nitrogen and oxygen atoms in total. The fraction of sp³-hybridized carbons (Fsp3) is 0.0588. The number of para-hydroxylation sites is 1. The quantitative estimate of drug-likeness (QED) is 0.718. The van der Waals surface area contributed by atoms with Crippen LogP contribution < -0.4 is 5.32 Å². The fourth-order valence-corrected chi connectivity index (χ4v) is 2.53. The number of thioether (sulfide) groups is 1. The highest BCUT2D eigenvalue weighted by Gasteiger charge is 2.12. The van der Waals surface area contributed by atoms with Gasteiger partial charge in [-0.15, -0.1) is 10.2 Å². The number of nitrogens with one attached hydrogen (secondary N) is 1. The Kier molecular flexibility index (Phi) is 4.89. The molecule has 0 saturated heterocycles. The number of carbonyl (C=O) groups is 1. The third-order valence-corrected chi connectivity index (χ3v) is 3.89. The highest BCUT2D eigenvalue weighted by molar-refractivity contribution is 7.99. The average molecular weight is 336 g/mol. The van der Waals surface area contributed by atoms with Crippen molar-refractivity contribution in [3.63, 3.8) is 0 Å². The molecule has 2 aromatic carbocycles. The Morgan fingerprint density at radius 3 is 2.67 bits per heavy atom. The number of benzene rings is 2. The van der Waals surface area contributed by atoms with Gasteiger partial charge in [-0.2, -0.15) is 5.26 Å². The smallest absolute Gasteiger partial charge is 0.277 e. The van der Waals surface area contributed by atoms with Crippen LogP contribution in [-0.2, 0) is 4.79 Å². The molecule has 1 aromatic heterocycles. The van der Waals surface area contributed by atoms with Crippen LogP contribution in [0.5, 0.6) is 0 Å². The minimum Gasteiger partial charge on any atom is -0.411 e. The lowest BCUT2D eigenvalue weighted by Crippen LogP contribution is -2.14. The van der Waals surface area contributed by atoms with Crippen LogP contribution in [0.15, 0.2) is 64.2 Å². The van der Waals surface area contributed by atoms with Crippen LogP contribution >= 0.6 is 11.8 Å². The predicted molar refractivity (Wildman–Crippen MR) is 90.2 cm³/mol. The zero-order valence-electron chi connectivity index (χ0n) is 12.5. The number of nitrogens with zero attached hydrogens (tertiary/aromatic N) is 3. The lowest BCUT2D eigenvalue weighted by Gasteiger charge is -2.05. The summed E-state index contributed by atoms with van der Waals surface area (Å²) in [5.74, 6) is 0.270. The molecule has 0 aliphatic carbocycles. The summed E-state index contributed by atoms with van der Waals surface area (Å²) in [7, 11) is 0. The highest BCUT2D eigenvalue weighted by Crippen LogP contribution is 2.23. The molecule has 3 aromatic rings. The molecule has 0 spiro atoms. The number of rotatable bonds is 5. The van der Waals surface area contributed by atoms with Crippen molar-refractivity contribution in [1.82, 2.24) is 10.2 Å². The Bertz CT molecular complexity index is 887. The summed E-state index contributed by atoms with van der Waals surface area (Å²) in [6.07, 6.45) is 0. The van der Waals surface area contributed by atoms with E-state index in [1.165, 1.54) is 0 Å². The van der Waals surface area contributed by atoms with Crippen molar-refractivity contribution in [2.45, 2.75) is 5.22 Å². The molecule has 118 valence electrons. The van der Waals surface area contributed by atoms with E-state index in [2.05, 4.69) is 15.5 Å². The molecule has 0 saturated carbocycles. The van der Waals surface area contributed by atoms with Crippen molar-refractivity contribution < 1.29 is 9.21 Å². The largest absolute Gasteiger partial charge is 0.411 e. The molecule has 1 amide bonds. The van der Waals surface area contributed by atoms with E-state index < -0.39 is 0 Å². The molecule has 0 aliphatic heterocycles. The van der Waals surface area contributed by atoms with Crippen LogP contribution in [0.3, 0.4) is 0 Å². The van der Waals surface area contributed by atoms with E-state index in [1.807, 2.05) is 36.4 Å². The average Bonchev–Trinajstić information content (AvgIpc) is 3.10. The standard InChI is InChI=1S/C17H12N4O2S/c18-10-13-8-4-5-9-14(13)19-15(22)11-24-17-21-20-16(23-17)12-6-2-1-3-7-12/h1-9H,11H2,(H,19,22). The number of carbonyl (C=O) groups excluding carboxylic acids is 1. The van der Waals surface area contributed by atoms with Gasteiger partial charge in [-0.25, -0.2) is 0 Å². The van der Waals surface area contributed by atoms with Crippen LogP contribution in [0.4, 0.5) is 5.69 Å². The summed E-state index contributed by atoms with van der Waals surface area (Å²) >= 11 is 1.14. The lowest BCUT2D eigenvalue weighted by molar-refractivity contribution is -0.113. The number of aromatic nitrogens is 2. The molecule has 24 heavy (non-hydrogen) atoms. The Morgan fingerprint density at radius 1 is 1.12 bits per heavy atom. The van der Waals surface area contributed by atoms with Gasteiger partial charge >= 0.3 is 0 Å². The van der Waals surface area contributed by atoms with E-state index in [0.717, 1.165) is 17.3 Å². The summed E-state index contributed by atoms with van der Waals surface area (Å²) in [4.78, 5) is 12.0. The SMILES string of the molecule is N#Cc1ccccc1NC(=O)CSc1nnc(-c2ccccc2)o1. The molecule has 0 fully saturated rings. The third kappa shape index (κ3) is 3.80. The van der Waals surface area contributed by atoms with Crippen LogP contribution in [0.2, 0.25) is 0 Å². The van der Waals surface area contributed by atoms with Gasteiger partial charge in [-0.05, 0) is 24.3 Å². The summed E-state index contributed by atoms with van der Waals surface area (Å²) in [5.41, 5.74) is 1.73. The van der Waals surface area contributed by atoms with Gasteiger partial charge in [0, 0.05) is 5.56 Å². The van der Waals surface area contributed by atoms with Gasteiger partial charge < -0.3 is 9.73 Å². The topological polar surface area (TPSA) is 91.8 Å². The Labute approximate surface area is 142 Å². The zero-order valence-corrected chi connectivity index (χ0v) is 13.3. The first-order valence-corrected chi connectivity index (χ1v) is 8.05. The number of hydrogen-bond acceptors (Lipinski definition) is 6. The Hall–Kier alpha value is -3.11. The van der Waals surface area contributed by atoms with E-state index >= 15 is 0 Å². The summed E-state index contributed by atoms with van der Waals surface area (Å²) in [6.45, 7) is 0. The molecule has 0 aliphatic rings. The number of anilines is 1. The van der Waals surface area contributed by atoms with Gasteiger partial charge in [0.25, 0.3) is 5.22 Å². The van der Waals surface area contributed by atoms with Crippen molar-refractivity contribution in [2.75, 3.05) is 11.1 Å². The van der Waals surface area contributed by atoms with Crippen LogP contribution in [0, 0.1) is 11.3 Å². The second-order valence-corrected chi connectivity index (χ2v) is 5.66. The van der Waals surface area contributed by atoms with E-state index in [1.54, 1.807) is 24.3 Å². The maximum Gasteiger partial charge on any atom is 0.277 e. The molecular formula is C17H12N4O2S. The maximum atomic E-state index is 12.0. The lowest BCUT2D eigenvalue weighted by atomic mass is 10.2. The zero-order chi connectivity index (χ0) is 16.8. The number of hydrogen-bond donors (Lipinski definition) is 1. The van der Waals surface area contributed by atoms with Crippen molar-refractivity contribution in [3.8, 4) is 17.5 Å². The maximum absolute atomic E-state index is 12.0. The third-order valence-electron chi connectivity index (χ3n) is 3.08. The summed E-state index contributed by atoms with van der Waals surface area (Å²) in [5, 5.41) is 19.9. The van der Waals surface area contributed by atoms with Crippen LogP contribution in [-0.4, -0.2) is 21.9 Å². The van der Waals surface area contributed by atoms with E-state index in [0.29, 0.717) is 22.4 Å². The van der Waals surface area contributed by atoms with Gasteiger partial charge in [-0.1, -0.05) is 42.1 Å². The molecular weight excluding hydrogens is 324 g/mol. The second-order valence-electron chi connectivity index (χ2n) is 4.73. The van der Waals surface area contributed by atoms with Gasteiger partial charge in [0.1, 0.15) is 6.07 Å². The number of nitriles is 1. The fourth-order valence-electron chi connectivity index (χ4n) is 1.97. The molecule has 3 rings (SSSR count). The van der Waals surface area contributed by atoms with E-state index in [4.69, 9.17) is 9.68 Å². The minimum atomic E-state index is -0.248. The molecule has 1 heterocycles.